The van der Waals surface area contributed by atoms with Gasteiger partial charge in [0.15, 0.2) is 5.13 Å². The highest BCUT2D eigenvalue weighted by molar-refractivity contribution is 7.13. The molecule has 0 saturated carbocycles. The Labute approximate surface area is 67.7 Å². The quantitative estimate of drug-likeness (QED) is 0.695. The molecular weight excluding hydrogens is 164 g/mol. The molecule has 0 bridgehead atoms. The van der Waals surface area contributed by atoms with Gasteiger partial charge in [-0.1, -0.05) is 0 Å². The molecule has 4 nitrogen and oxygen atoms in total. The third-order valence-electron chi connectivity index (χ3n) is 1.35. The van der Waals surface area contributed by atoms with E-state index in [1.54, 1.807) is 12.3 Å². The second-order valence-corrected chi connectivity index (χ2v) is 3.06. The molecule has 0 aliphatic rings. The summed E-state index contributed by atoms with van der Waals surface area (Å²) < 4.78 is 0. The van der Waals surface area contributed by atoms with Gasteiger partial charge in [0, 0.05) is 5.38 Å². The Morgan fingerprint density at radius 2 is 2.55 bits per heavy atom. The fourth-order valence-corrected chi connectivity index (χ4v) is 1.28. The van der Waals surface area contributed by atoms with Crippen LogP contribution in [0.25, 0.3) is 0 Å². The summed E-state index contributed by atoms with van der Waals surface area (Å²) in [5.74, 6) is -1.45. The lowest BCUT2D eigenvalue weighted by Gasteiger charge is -1.98. The van der Waals surface area contributed by atoms with Gasteiger partial charge in [0.2, 0.25) is 0 Å². The lowest BCUT2D eigenvalue weighted by Crippen LogP contribution is -2.07. The molecule has 0 aromatic carbocycles. The Kier molecular flexibility index (Phi) is 2.09. The lowest BCUT2D eigenvalue weighted by molar-refractivity contribution is -0.138. The predicted octanol–water partition coefficient (Wildman–Crippen LogP) is 0.913. The molecule has 11 heavy (non-hydrogen) atoms. The van der Waals surface area contributed by atoms with E-state index in [0.717, 1.165) is 0 Å². The highest BCUT2D eigenvalue weighted by Gasteiger charge is 2.15. The van der Waals surface area contributed by atoms with Crippen molar-refractivity contribution in [2.24, 2.45) is 0 Å². The normalized spacial score (nSPS) is 12.8. The molecule has 1 aromatic rings. The maximum atomic E-state index is 10.4. The first kappa shape index (κ1) is 8.00. The van der Waals surface area contributed by atoms with Crippen LogP contribution in [0.2, 0.25) is 0 Å². The van der Waals surface area contributed by atoms with Crippen LogP contribution in [0.4, 0.5) is 5.13 Å². The number of carboxylic acids is 1. The molecule has 1 rings (SSSR count). The number of nitrogens with zero attached hydrogens (tertiary/aromatic N) is 1. The number of nitrogen functional groups attached to an aromatic ring is 1. The molecular formula is C6H8N2O2S. The van der Waals surface area contributed by atoms with E-state index >= 15 is 0 Å². The van der Waals surface area contributed by atoms with Crippen molar-refractivity contribution in [2.75, 3.05) is 5.73 Å². The van der Waals surface area contributed by atoms with Crippen molar-refractivity contribution in [1.29, 1.82) is 0 Å². The number of anilines is 1. The molecule has 1 unspecified atom stereocenters. The minimum atomic E-state index is -0.879. The average Bonchev–Trinajstić information content (AvgIpc) is 2.34. The Hall–Kier alpha value is -1.10. The number of thiazole rings is 1. The van der Waals surface area contributed by atoms with Gasteiger partial charge in [-0.25, -0.2) is 4.98 Å². The topological polar surface area (TPSA) is 76.2 Å². The molecule has 0 fully saturated rings. The number of hydrogen-bond donors (Lipinski definition) is 2. The van der Waals surface area contributed by atoms with Gasteiger partial charge in [0.1, 0.15) is 0 Å². The third kappa shape index (κ3) is 1.68. The highest BCUT2D eigenvalue weighted by Crippen LogP contribution is 2.19. The smallest absolute Gasteiger partial charge is 0.312 e. The van der Waals surface area contributed by atoms with Gasteiger partial charge in [0.05, 0.1) is 11.6 Å². The second-order valence-electron chi connectivity index (χ2n) is 2.17. The molecule has 0 aliphatic heterocycles. The van der Waals surface area contributed by atoms with Crippen LogP contribution in [0, 0.1) is 0 Å². The van der Waals surface area contributed by atoms with E-state index in [1.807, 2.05) is 0 Å². The first-order chi connectivity index (χ1) is 5.11. The molecule has 0 radical (unpaired) electrons. The van der Waals surface area contributed by atoms with E-state index in [2.05, 4.69) is 4.98 Å². The zero-order valence-electron chi connectivity index (χ0n) is 5.94. The van der Waals surface area contributed by atoms with Crippen molar-refractivity contribution in [2.45, 2.75) is 12.8 Å². The highest BCUT2D eigenvalue weighted by atomic mass is 32.1. The Morgan fingerprint density at radius 1 is 1.91 bits per heavy atom. The fraction of sp³-hybridized carbons (Fsp3) is 0.333. The summed E-state index contributed by atoms with van der Waals surface area (Å²) in [6, 6.07) is 0. The summed E-state index contributed by atoms with van der Waals surface area (Å²) in [4.78, 5) is 14.3. The van der Waals surface area contributed by atoms with E-state index in [-0.39, 0.29) is 0 Å². The van der Waals surface area contributed by atoms with Crippen molar-refractivity contribution < 1.29 is 9.90 Å². The summed E-state index contributed by atoms with van der Waals surface area (Å²) >= 11 is 1.25. The SMILES string of the molecule is CC(C(=O)O)c1csc(N)n1. The zero-order chi connectivity index (χ0) is 8.43. The molecule has 60 valence electrons. The first-order valence-corrected chi connectivity index (χ1v) is 3.93. The standard InChI is InChI=1S/C6H8N2O2S/c1-3(5(9)10)4-2-11-6(7)8-4/h2-3H,1H3,(H2,7,8)(H,9,10). The maximum absolute atomic E-state index is 10.4. The van der Waals surface area contributed by atoms with Crippen LogP contribution in [0.1, 0.15) is 18.5 Å². The predicted molar refractivity (Wildman–Crippen MR) is 42.6 cm³/mol. The number of aromatic nitrogens is 1. The zero-order valence-corrected chi connectivity index (χ0v) is 6.76. The summed E-state index contributed by atoms with van der Waals surface area (Å²) in [5.41, 5.74) is 5.86. The van der Waals surface area contributed by atoms with Gasteiger partial charge in [-0.3, -0.25) is 4.79 Å². The molecule has 5 heteroatoms. The van der Waals surface area contributed by atoms with Crippen molar-refractivity contribution in [1.82, 2.24) is 4.98 Å². The van der Waals surface area contributed by atoms with Crippen LogP contribution < -0.4 is 5.73 Å². The van der Waals surface area contributed by atoms with E-state index in [0.29, 0.717) is 10.8 Å². The molecule has 0 saturated heterocycles. The van der Waals surface area contributed by atoms with Gasteiger partial charge in [0.25, 0.3) is 0 Å². The van der Waals surface area contributed by atoms with Crippen LogP contribution >= 0.6 is 11.3 Å². The molecule has 1 aromatic heterocycles. The van der Waals surface area contributed by atoms with Gasteiger partial charge in [-0.15, -0.1) is 11.3 Å². The van der Waals surface area contributed by atoms with Crippen molar-refractivity contribution in [3.63, 3.8) is 0 Å². The van der Waals surface area contributed by atoms with Crippen LogP contribution in [-0.2, 0) is 4.79 Å². The van der Waals surface area contributed by atoms with E-state index in [9.17, 15) is 4.79 Å². The summed E-state index contributed by atoms with van der Waals surface area (Å²) in [6.45, 7) is 1.58. The molecule has 0 aliphatic carbocycles. The van der Waals surface area contributed by atoms with Crippen molar-refractivity contribution >= 4 is 22.4 Å². The van der Waals surface area contributed by atoms with Crippen LogP contribution in [0.3, 0.4) is 0 Å². The average molecular weight is 172 g/mol. The van der Waals surface area contributed by atoms with Gasteiger partial charge in [-0.2, -0.15) is 0 Å². The number of carbonyl (C=O) groups is 1. The van der Waals surface area contributed by atoms with Crippen LogP contribution in [-0.4, -0.2) is 16.1 Å². The first-order valence-electron chi connectivity index (χ1n) is 3.05. The minimum Gasteiger partial charge on any atom is -0.481 e. The molecule has 1 atom stereocenters. The van der Waals surface area contributed by atoms with E-state index < -0.39 is 11.9 Å². The fourth-order valence-electron chi connectivity index (χ4n) is 0.626. The number of nitrogens with two attached hydrogens (primary N) is 1. The summed E-state index contributed by atoms with van der Waals surface area (Å²) in [7, 11) is 0. The molecule has 1 heterocycles. The number of rotatable bonds is 2. The van der Waals surface area contributed by atoms with Gasteiger partial charge >= 0.3 is 5.97 Å². The Bertz CT molecular complexity index is 271. The number of hydrogen-bond acceptors (Lipinski definition) is 4. The number of carboxylic acid groups (broad SMARTS) is 1. The minimum absolute atomic E-state index is 0.410. The van der Waals surface area contributed by atoms with Gasteiger partial charge in [-0.05, 0) is 6.92 Å². The maximum Gasteiger partial charge on any atom is 0.312 e. The monoisotopic (exact) mass is 172 g/mol. The largest absolute Gasteiger partial charge is 0.481 e. The van der Waals surface area contributed by atoms with E-state index in [1.165, 1.54) is 11.3 Å². The molecule has 0 amide bonds. The number of aliphatic carboxylic acids is 1. The van der Waals surface area contributed by atoms with Crippen LogP contribution in [0.5, 0.6) is 0 Å². The Balaban J connectivity index is 2.84. The van der Waals surface area contributed by atoms with Crippen molar-refractivity contribution in [3.05, 3.63) is 11.1 Å². The summed E-state index contributed by atoms with van der Waals surface area (Å²) in [6.07, 6.45) is 0. The second kappa shape index (κ2) is 2.87. The molecule has 0 spiro atoms. The van der Waals surface area contributed by atoms with E-state index in [4.69, 9.17) is 10.8 Å². The molecule has 3 N–H and O–H groups in total. The van der Waals surface area contributed by atoms with Crippen molar-refractivity contribution in [3.8, 4) is 0 Å². The van der Waals surface area contributed by atoms with Gasteiger partial charge < -0.3 is 10.8 Å². The Morgan fingerprint density at radius 3 is 2.91 bits per heavy atom. The summed E-state index contributed by atoms with van der Waals surface area (Å²) in [5, 5.41) is 10.6. The van der Waals surface area contributed by atoms with Crippen LogP contribution in [0.15, 0.2) is 5.38 Å². The lowest BCUT2D eigenvalue weighted by atomic mass is 10.1. The third-order valence-corrected chi connectivity index (χ3v) is 2.05.